The van der Waals surface area contributed by atoms with Crippen LogP contribution >= 0.6 is 15.9 Å². The standard InChI is InChI=1S/C12H17BrN2O2/c1-8(7-17-2)14-12(16)11-5-9(13)6-15(11)10-3-4-10/h5-6,8,10H,3-4,7H2,1-2H3,(H,14,16). The number of hydrogen-bond donors (Lipinski definition) is 1. The fourth-order valence-electron chi connectivity index (χ4n) is 1.87. The van der Waals surface area contributed by atoms with E-state index in [2.05, 4.69) is 25.8 Å². The zero-order valence-corrected chi connectivity index (χ0v) is 11.7. The summed E-state index contributed by atoms with van der Waals surface area (Å²) in [5, 5.41) is 2.93. The van der Waals surface area contributed by atoms with Crippen molar-refractivity contribution in [1.29, 1.82) is 0 Å². The highest BCUT2D eigenvalue weighted by molar-refractivity contribution is 9.10. The van der Waals surface area contributed by atoms with Gasteiger partial charge in [-0.15, -0.1) is 0 Å². The average Bonchev–Trinajstić information content (AvgIpc) is 3.02. The highest BCUT2D eigenvalue weighted by atomic mass is 79.9. The number of hydrogen-bond acceptors (Lipinski definition) is 2. The Morgan fingerprint density at radius 3 is 3.00 bits per heavy atom. The third-order valence-electron chi connectivity index (χ3n) is 2.78. The van der Waals surface area contributed by atoms with Crippen LogP contribution in [0.5, 0.6) is 0 Å². The molecule has 1 atom stereocenters. The first-order valence-electron chi connectivity index (χ1n) is 5.79. The van der Waals surface area contributed by atoms with Crippen LogP contribution in [-0.2, 0) is 4.74 Å². The molecule has 0 aliphatic heterocycles. The normalized spacial score (nSPS) is 16.9. The second-order valence-corrected chi connectivity index (χ2v) is 5.43. The van der Waals surface area contributed by atoms with Crippen LogP contribution < -0.4 is 5.32 Å². The number of amides is 1. The van der Waals surface area contributed by atoms with E-state index in [1.54, 1.807) is 7.11 Å². The number of nitrogens with zero attached hydrogens (tertiary/aromatic N) is 1. The number of aromatic nitrogens is 1. The Hall–Kier alpha value is -0.810. The van der Waals surface area contributed by atoms with Gasteiger partial charge in [0.2, 0.25) is 0 Å². The minimum atomic E-state index is -0.0350. The summed E-state index contributed by atoms with van der Waals surface area (Å²) >= 11 is 3.42. The second-order valence-electron chi connectivity index (χ2n) is 4.51. The van der Waals surface area contributed by atoms with Gasteiger partial charge in [0.25, 0.3) is 5.91 Å². The summed E-state index contributed by atoms with van der Waals surface area (Å²) in [5.41, 5.74) is 0.724. The van der Waals surface area contributed by atoms with Crippen molar-refractivity contribution in [3.63, 3.8) is 0 Å². The molecule has 1 amide bonds. The molecule has 1 aliphatic carbocycles. The van der Waals surface area contributed by atoms with Gasteiger partial charge in [0.15, 0.2) is 0 Å². The molecule has 1 fully saturated rings. The van der Waals surface area contributed by atoms with Crippen molar-refractivity contribution < 1.29 is 9.53 Å². The largest absolute Gasteiger partial charge is 0.383 e. The van der Waals surface area contributed by atoms with Gasteiger partial charge in [0.1, 0.15) is 5.69 Å². The maximum absolute atomic E-state index is 12.1. The smallest absolute Gasteiger partial charge is 0.268 e. The molecule has 1 aromatic rings. The molecule has 0 aromatic carbocycles. The van der Waals surface area contributed by atoms with Crippen LogP contribution in [0.25, 0.3) is 0 Å². The second kappa shape index (κ2) is 5.23. The molecule has 0 radical (unpaired) electrons. The van der Waals surface area contributed by atoms with Crippen LogP contribution in [0.2, 0.25) is 0 Å². The first-order chi connectivity index (χ1) is 8.11. The first-order valence-corrected chi connectivity index (χ1v) is 6.58. The number of halogens is 1. The first kappa shape index (κ1) is 12.6. The van der Waals surface area contributed by atoms with Gasteiger partial charge in [-0.2, -0.15) is 0 Å². The maximum Gasteiger partial charge on any atom is 0.268 e. The molecule has 1 N–H and O–H groups in total. The van der Waals surface area contributed by atoms with Crippen molar-refractivity contribution in [3.05, 3.63) is 22.4 Å². The quantitative estimate of drug-likeness (QED) is 0.907. The minimum Gasteiger partial charge on any atom is -0.383 e. The number of rotatable bonds is 5. The molecule has 2 rings (SSSR count). The summed E-state index contributed by atoms with van der Waals surface area (Å²) in [7, 11) is 1.63. The van der Waals surface area contributed by atoms with Crippen molar-refractivity contribution >= 4 is 21.8 Å². The van der Waals surface area contributed by atoms with E-state index in [-0.39, 0.29) is 11.9 Å². The van der Waals surface area contributed by atoms with Gasteiger partial charge in [-0.3, -0.25) is 4.79 Å². The molecule has 1 aliphatic rings. The topological polar surface area (TPSA) is 43.3 Å². The Bertz CT molecular complexity index is 413. The third kappa shape index (κ3) is 3.10. The van der Waals surface area contributed by atoms with Gasteiger partial charge in [0.05, 0.1) is 6.61 Å². The summed E-state index contributed by atoms with van der Waals surface area (Å²) in [6, 6.07) is 2.39. The minimum absolute atomic E-state index is 0.0221. The summed E-state index contributed by atoms with van der Waals surface area (Å²) < 4.78 is 8.01. The molecule has 0 saturated heterocycles. The highest BCUT2D eigenvalue weighted by Crippen LogP contribution is 2.37. The van der Waals surface area contributed by atoms with Gasteiger partial charge >= 0.3 is 0 Å². The Kier molecular flexibility index (Phi) is 3.89. The zero-order valence-electron chi connectivity index (χ0n) is 10.1. The van der Waals surface area contributed by atoms with E-state index >= 15 is 0 Å². The van der Waals surface area contributed by atoms with E-state index in [1.165, 1.54) is 0 Å². The van der Waals surface area contributed by atoms with E-state index in [9.17, 15) is 4.79 Å². The van der Waals surface area contributed by atoms with Gasteiger partial charge in [-0.25, -0.2) is 0 Å². The summed E-state index contributed by atoms with van der Waals surface area (Å²) in [6.45, 7) is 2.46. The summed E-state index contributed by atoms with van der Waals surface area (Å²) in [4.78, 5) is 12.1. The van der Waals surface area contributed by atoms with Crippen LogP contribution in [0.4, 0.5) is 0 Å². The van der Waals surface area contributed by atoms with Crippen LogP contribution in [0.3, 0.4) is 0 Å². The van der Waals surface area contributed by atoms with E-state index in [1.807, 2.05) is 19.2 Å². The predicted octanol–water partition coefficient (Wildman–Crippen LogP) is 2.35. The van der Waals surface area contributed by atoms with E-state index in [0.29, 0.717) is 12.6 Å². The van der Waals surface area contributed by atoms with Gasteiger partial charge in [-0.05, 0) is 41.8 Å². The summed E-state index contributed by atoms with van der Waals surface area (Å²) in [6.07, 6.45) is 4.30. The number of ether oxygens (including phenoxy) is 1. The molecule has 1 unspecified atom stereocenters. The van der Waals surface area contributed by atoms with Crippen molar-refractivity contribution in [2.24, 2.45) is 0 Å². The maximum atomic E-state index is 12.1. The molecule has 0 bridgehead atoms. The summed E-state index contributed by atoms with van der Waals surface area (Å²) in [5.74, 6) is -0.0350. The van der Waals surface area contributed by atoms with Crippen LogP contribution in [0.15, 0.2) is 16.7 Å². The lowest BCUT2D eigenvalue weighted by atomic mass is 10.3. The van der Waals surface area contributed by atoms with Crippen LogP contribution in [0.1, 0.15) is 36.3 Å². The lowest BCUT2D eigenvalue weighted by molar-refractivity contribution is 0.0896. The van der Waals surface area contributed by atoms with Gasteiger partial charge < -0.3 is 14.6 Å². The average molecular weight is 301 g/mol. The monoisotopic (exact) mass is 300 g/mol. The van der Waals surface area contributed by atoms with E-state index in [4.69, 9.17) is 4.74 Å². The molecule has 1 aromatic heterocycles. The lowest BCUT2D eigenvalue weighted by Gasteiger charge is -2.14. The Labute approximate surface area is 109 Å². The number of methoxy groups -OCH3 is 1. The molecule has 1 saturated carbocycles. The molecular weight excluding hydrogens is 284 g/mol. The molecule has 4 nitrogen and oxygen atoms in total. The van der Waals surface area contributed by atoms with Gasteiger partial charge in [-0.1, -0.05) is 0 Å². The lowest BCUT2D eigenvalue weighted by Crippen LogP contribution is -2.36. The van der Waals surface area contributed by atoms with Crippen molar-refractivity contribution in [3.8, 4) is 0 Å². The SMILES string of the molecule is COCC(C)NC(=O)c1cc(Br)cn1C1CC1. The molecule has 5 heteroatoms. The van der Waals surface area contributed by atoms with Crippen molar-refractivity contribution in [2.75, 3.05) is 13.7 Å². The van der Waals surface area contributed by atoms with Gasteiger partial charge in [0, 0.05) is 29.9 Å². The van der Waals surface area contributed by atoms with Crippen molar-refractivity contribution in [1.82, 2.24) is 9.88 Å². The molecular formula is C12H17BrN2O2. The number of nitrogens with one attached hydrogen (secondary N) is 1. The van der Waals surface area contributed by atoms with Crippen LogP contribution in [-0.4, -0.2) is 30.2 Å². The number of carbonyl (C=O) groups excluding carboxylic acids is 1. The highest BCUT2D eigenvalue weighted by Gasteiger charge is 2.28. The molecule has 1 heterocycles. The molecule has 94 valence electrons. The van der Waals surface area contributed by atoms with E-state index in [0.717, 1.165) is 23.0 Å². The third-order valence-corrected chi connectivity index (χ3v) is 3.22. The van der Waals surface area contributed by atoms with Crippen molar-refractivity contribution in [2.45, 2.75) is 31.8 Å². The molecule has 17 heavy (non-hydrogen) atoms. The molecule has 0 spiro atoms. The Morgan fingerprint density at radius 2 is 2.41 bits per heavy atom. The van der Waals surface area contributed by atoms with Crippen LogP contribution in [0, 0.1) is 0 Å². The predicted molar refractivity (Wildman–Crippen MR) is 69.2 cm³/mol. The fourth-order valence-corrected chi connectivity index (χ4v) is 2.31. The Balaban J connectivity index is 2.07. The fraction of sp³-hybridized carbons (Fsp3) is 0.583. The Morgan fingerprint density at radius 1 is 1.71 bits per heavy atom. The number of carbonyl (C=O) groups is 1. The zero-order chi connectivity index (χ0) is 12.4. The van der Waals surface area contributed by atoms with E-state index < -0.39 is 0 Å².